The summed E-state index contributed by atoms with van der Waals surface area (Å²) in [4.78, 5) is 0. The third-order valence-electron chi connectivity index (χ3n) is 4.10. The first-order chi connectivity index (χ1) is 9.63. The molecule has 20 heavy (non-hydrogen) atoms. The summed E-state index contributed by atoms with van der Waals surface area (Å²) in [5.41, 5.74) is 4.37. The van der Waals surface area contributed by atoms with E-state index in [4.69, 9.17) is 0 Å². The molecule has 1 aromatic rings. The summed E-state index contributed by atoms with van der Waals surface area (Å²) in [6, 6.07) is 9.05. The van der Waals surface area contributed by atoms with Gasteiger partial charge in [0.05, 0.1) is 14.8 Å². The second-order valence-electron chi connectivity index (χ2n) is 6.05. The number of hydrogen-bond acceptors (Lipinski definition) is 1. The molecule has 1 aliphatic rings. The summed E-state index contributed by atoms with van der Waals surface area (Å²) in [5.74, 6) is 0. The molecule has 0 aliphatic carbocycles. The highest BCUT2D eigenvalue weighted by Gasteiger charge is 2.19. The molecule has 0 saturated heterocycles. The third kappa shape index (κ3) is 3.43. The minimum atomic E-state index is -0.756. The van der Waals surface area contributed by atoms with Crippen LogP contribution in [0.4, 0.5) is 0 Å². The Labute approximate surface area is 125 Å². The van der Waals surface area contributed by atoms with Gasteiger partial charge in [0.2, 0.25) is 0 Å². The Morgan fingerprint density at radius 3 is 2.60 bits per heavy atom. The van der Waals surface area contributed by atoms with E-state index in [1.165, 1.54) is 30.4 Å². The quantitative estimate of drug-likeness (QED) is 0.776. The van der Waals surface area contributed by atoms with Crippen LogP contribution in [0.1, 0.15) is 43.4 Å². The first-order valence-corrected chi connectivity index (χ1v) is 10.7. The van der Waals surface area contributed by atoms with Gasteiger partial charge in [-0.25, -0.2) is 0 Å². The maximum absolute atomic E-state index is 3.61. The Hall–Kier alpha value is -1.28. The highest BCUT2D eigenvalue weighted by atomic mass is 28.3. The molecule has 1 aliphatic heterocycles. The lowest BCUT2D eigenvalue weighted by Gasteiger charge is -2.27. The van der Waals surface area contributed by atoms with Crippen molar-refractivity contribution >= 4 is 8.80 Å². The lowest BCUT2D eigenvalue weighted by atomic mass is 9.95. The van der Waals surface area contributed by atoms with Crippen molar-refractivity contribution in [1.82, 2.24) is 5.32 Å². The fourth-order valence-corrected chi connectivity index (χ4v) is 4.28. The maximum atomic E-state index is 3.61. The van der Waals surface area contributed by atoms with Crippen LogP contribution >= 0.6 is 0 Å². The summed E-state index contributed by atoms with van der Waals surface area (Å²) in [5, 5.41) is 5.22. The standard InChI is InChI=1S/C18H27NSi/c1-5-6-10-15-12-17(19-13-18(15)20(3)4)16-11-8-7-9-14(16)2/h7-9,11-13,17,19-20H,5-6,10H2,1-4H3. The fourth-order valence-electron chi connectivity index (χ4n) is 2.87. The summed E-state index contributed by atoms with van der Waals surface area (Å²) >= 11 is 0. The molecule has 1 aromatic carbocycles. The Bertz CT molecular complexity index is 514. The second-order valence-corrected chi connectivity index (χ2v) is 8.98. The predicted octanol–water partition coefficient (Wildman–Crippen LogP) is 4.67. The summed E-state index contributed by atoms with van der Waals surface area (Å²) in [7, 11) is -0.756. The van der Waals surface area contributed by atoms with Crippen LogP contribution in [-0.4, -0.2) is 8.80 Å². The molecule has 1 nitrogen and oxygen atoms in total. The van der Waals surface area contributed by atoms with Crippen molar-refractivity contribution in [2.45, 2.75) is 52.2 Å². The molecule has 1 N–H and O–H groups in total. The van der Waals surface area contributed by atoms with Gasteiger partial charge in [0, 0.05) is 0 Å². The average molecular weight is 286 g/mol. The molecule has 2 heteroatoms. The number of hydrogen-bond donors (Lipinski definition) is 1. The van der Waals surface area contributed by atoms with Crippen molar-refractivity contribution < 1.29 is 0 Å². The van der Waals surface area contributed by atoms with Crippen molar-refractivity contribution in [2.75, 3.05) is 0 Å². The van der Waals surface area contributed by atoms with Crippen LogP contribution < -0.4 is 5.32 Å². The van der Waals surface area contributed by atoms with Gasteiger partial charge < -0.3 is 5.32 Å². The van der Waals surface area contributed by atoms with Crippen LogP contribution in [0.15, 0.2) is 47.3 Å². The lowest BCUT2D eigenvalue weighted by Crippen LogP contribution is -2.24. The molecular formula is C18H27NSi. The number of unbranched alkanes of at least 4 members (excludes halogenated alkanes) is 1. The van der Waals surface area contributed by atoms with Crippen molar-refractivity contribution in [2.24, 2.45) is 0 Å². The van der Waals surface area contributed by atoms with Crippen LogP contribution in [0.2, 0.25) is 13.1 Å². The first kappa shape index (κ1) is 15.1. The van der Waals surface area contributed by atoms with E-state index in [9.17, 15) is 0 Å². The van der Waals surface area contributed by atoms with Gasteiger partial charge in [0.15, 0.2) is 0 Å². The first-order valence-electron chi connectivity index (χ1n) is 7.86. The summed E-state index contributed by atoms with van der Waals surface area (Å²) in [6.07, 6.45) is 8.58. The Balaban J connectivity index is 2.26. The molecule has 0 spiro atoms. The van der Waals surface area contributed by atoms with Crippen molar-refractivity contribution in [3.05, 3.63) is 58.4 Å². The molecule has 0 radical (unpaired) electrons. The molecule has 1 unspecified atom stereocenters. The van der Waals surface area contributed by atoms with Gasteiger partial charge in [-0.3, -0.25) is 0 Å². The molecule has 0 bridgehead atoms. The molecule has 0 aromatic heterocycles. The van der Waals surface area contributed by atoms with Gasteiger partial charge in [-0.15, -0.1) is 0 Å². The molecular weight excluding hydrogens is 258 g/mol. The van der Waals surface area contributed by atoms with Crippen molar-refractivity contribution in [3.8, 4) is 0 Å². The monoisotopic (exact) mass is 285 g/mol. The van der Waals surface area contributed by atoms with E-state index < -0.39 is 8.80 Å². The number of aryl methyl sites for hydroxylation is 1. The largest absolute Gasteiger partial charge is 0.381 e. The zero-order valence-electron chi connectivity index (χ0n) is 13.2. The number of benzene rings is 1. The Kier molecular flexibility index (Phi) is 5.24. The molecule has 1 heterocycles. The van der Waals surface area contributed by atoms with Crippen molar-refractivity contribution in [1.29, 1.82) is 0 Å². The zero-order valence-corrected chi connectivity index (χ0v) is 14.4. The number of dihydropyridines is 1. The topological polar surface area (TPSA) is 12.0 Å². The van der Waals surface area contributed by atoms with Crippen LogP contribution in [0.3, 0.4) is 0 Å². The highest BCUT2D eigenvalue weighted by molar-refractivity contribution is 6.65. The zero-order chi connectivity index (χ0) is 14.5. The molecule has 108 valence electrons. The van der Waals surface area contributed by atoms with Gasteiger partial charge in [-0.1, -0.05) is 56.8 Å². The molecule has 1 atom stereocenters. The number of nitrogens with one attached hydrogen (secondary N) is 1. The van der Waals surface area contributed by atoms with E-state index >= 15 is 0 Å². The number of allylic oxidation sites excluding steroid dienone is 2. The van der Waals surface area contributed by atoms with Crippen LogP contribution in [-0.2, 0) is 0 Å². The molecule has 0 saturated carbocycles. The van der Waals surface area contributed by atoms with E-state index in [2.05, 4.69) is 68.8 Å². The summed E-state index contributed by atoms with van der Waals surface area (Å²) < 4.78 is 0. The predicted molar refractivity (Wildman–Crippen MR) is 91.6 cm³/mol. The Morgan fingerprint density at radius 1 is 1.20 bits per heavy atom. The second kappa shape index (κ2) is 6.94. The normalized spacial score (nSPS) is 18.6. The van der Waals surface area contributed by atoms with Gasteiger partial charge in [-0.2, -0.15) is 0 Å². The van der Waals surface area contributed by atoms with Gasteiger partial charge in [0.1, 0.15) is 0 Å². The summed E-state index contributed by atoms with van der Waals surface area (Å²) in [6.45, 7) is 9.31. The van der Waals surface area contributed by atoms with Crippen LogP contribution in [0, 0.1) is 6.92 Å². The fraction of sp³-hybridized carbons (Fsp3) is 0.444. The van der Waals surface area contributed by atoms with E-state index in [0.29, 0.717) is 6.04 Å². The van der Waals surface area contributed by atoms with Gasteiger partial charge >= 0.3 is 0 Å². The third-order valence-corrected chi connectivity index (χ3v) is 5.88. The molecule has 2 rings (SSSR count). The number of rotatable bonds is 5. The average Bonchev–Trinajstić information content (AvgIpc) is 2.45. The maximum Gasteiger partial charge on any atom is 0.0700 e. The lowest BCUT2D eigenvalue weighted by molar-refractivity contribution is 0.709. The minimum Gasteiger partial charge on any atom is -0.381 e. The van der Waals surface area contributed by atoms with Crippen LogP contribution in [0.5, 0.6) is 0 Å². The van der Waals surface area contributed by atoms with E-state index in [1.54, 1.807) is 10.8 Å². The van der Waals surface area contributed by atoms with E-state index in [0.717, 1.165) is 0 Å². The Morgan fingerprint density at radius 2 is 1.95 bits per heavy atom. The van der Waals surface area contributed by atoms with E-state index in [1.807, 2.05) is 0 Å². The smallest absolute Gasteiger partial charge is 0.0700 e. The van der Waals surface area contributed by atoms with Gasteiger partial charge in [-0.05, 0) is 47.9 Å². The minimum absolute atomic E-state index is 0.347. The van der Waals surface area contributed by atoms with E-state index in [-0.39, 0.29) is 0 Å². The molecule has 0 amide bonds. The highest BCUT2D eigenvalue weighted by Crippen LogP contribution is 2.29. The van der Waals surface area contributed by atoms with Crippen molar-refractivity contribution in [3.63, 3.8) is 0 Å². The SMILES string of the molecule is CCCCC1=CC(c2ccccc2C)NC=C1[SiH](C)C. The molecule has 0 fully saturated rings. The van der Waals surface area contributed by atoms with Gasteiger partial charge in [0.25, 0.3) is 0 Å². The van der Waals surface area contributed by atoms with Crippen LogP contribution in [0.25, 0.3) is 0 Å².